The Labute approximate surface area is 162 Å². The number of hydrogen-bond donors (Lipinski definition) is 3. The van der Waals surface area contributed by atoms with Crippen LogP contribution in [0.4, 0.5) is 5.13 Å². The number of nitrogens with one attached hydrogen (secondary N) is 1. The average Bonchev–Trinajstić information content (AvgIpc) is 3.10. The molecule has 0 saturated heterocycles. The zero-order valence-corrected chi connectivity index (χ0v) is 17.9. The van der Waals surface area contributed by atoms with Crippen molar-refractivity contribution in [2.75, 3.05) is 45.6 Å². The van der Waals surface area contributed by atoms with Crippen LogP contribution in [0.5, 0.6) is 0 Å². The number of aliphatic hydroxyl groups excluding tert-OH is 2. The minimum absolute atomic E-state index is 0.0260. The fourth-order valence-corrected chi connectivity index (χ4v) is 5.47. The molecule has 0 aliphatic heterocycles. The van der Waals surface area contributed by atoms with E-state index in [-0.39, 0.29) is 25.4 Å². The summed E-state index contributed by atoms with van der Waals surface area (Å²) in [6, 6.07) is 0.551. The van der Waals surface area contributed by atoms with Gasteiger partial charge in [0.05, 0.1) is 12.7 Å². The Morgan fingerprint density at radius 2 is 2.00 bits per heavy atom. The van der Waals surface area contributed by atoms with Gasteiger partial charge in [-0.3, -0.25) is 4.79 Å². The third-order valence-electron chi connectivity index (χ3n) is 3.55. The van der Waals surface area contributed by atoms with Crippen LogP contribution in [0.3, 0.4) is 0 Å². The molecule has 26 heavy (non-hydrogen) atoms. The zero-order valence-electron chi connectivity index (χ0n) is 15.3. The van der Waals surface area contributed by atoms with Crippen LogP contribution in [0.2, 0.25) is 6.04 Å². The van der Waals surface area contributed by atoms with Crippen molar-refractivity contribution in [3.8, 4) is 0 Å². The van der Waals surface area contributed by atoms with Crippen molar-refractivity contribution in [1.29, 1.82) is 0 Å². The number of ketones is 1. The van der Waals surface area contributed by atoms with Crippen LogP contribution in [0, 0.1) is 0 Å². The lowest BCUT2D eigenvalue weighted by atomic mass is 10.1. The number of carbonyl (C=O) groups excluding carboxylic acids is 1. The van der Waals surface area contributed by atoms with Gasteiger partial charge in [0.1, 0.15) is 5.78 Å². The van der Waals surface area contributed by atoms with Crippen molar-refractivity contribution in [2.24, 2.45) is 0 Å². The summed E-state index contributed by atoms with van der Waals surface area (Å²) in [6.45, 7) is 0.300. The summed E-state index contributed by atoms with van der Waals surface area (Å²) < 4.78 is 16.7. The predicted octanol–water partition coefficient (Wildman–Crippen LogP) is 1.01. The lowest BCUT2D eigenvalue weighted by Crippen LogP contribution is -2.42. The molecule has 1 rings (SSSR count). The number of aromatic nitrogens is 2. The van der Waals surface area contributed by atoms with Crippen LogP contribution >= 0.6 is 23.1 Å². The predicted molar refractivity (Wildman–Crippen MR) is 103 cm³/mol. The molecular formula is C14H27N3O6S2Si. The van der Waals surface area contributed by atoms with Crippen molar-refractivity contribution in [3.05, 3.63) is 0 Å². The molecule has 0 amide bonds. The molecule has 0 bridgehead atoms. The molecule has 0 radical (unpaired) electrons. The summed E-state index contributed by atoms with van der Waals surface area (Å²) in [5, 5.41) is 30.2. The fourth-order valence-electron chi connectivity index (χ4n) is 2.17. The highest BCUT2D eigenvalue weighted by Gasteiger charge is 2.37. The van der Waals surface area contributed by atoms with E-state index in [4.69, 9.17) is 18.4 Å². The lowest BCUT2D eigenvalue weighted by molar-refractivity contribution is -0.120. The quantitative estimate of drug-likeness (QED) is 0.277. The van der Waals surface area contributed by atoms with Gasteiger partial charge in [0.2, 0.25) is 5.13 Å². The highest BCUT2D eigenvalue weighted by molar-refractivity contribution is 8.01. The van der Waals surface area contributed by atoms with E-state index in [0.29, 0.717) is 29.8 Å². The SMILES string of the molecule is CO[Si](CCCC(=O)CC(O)CNc1nnc(SCCO)s1)(OC)OC. The summed E-state index contributed by atoms with van der Waals surface area (Å²) in [6.07, 6.45) is 0.194. The number of aliphatic hydroxyl groups is 2. The van der Waals surface area contributed by atoms with E-state index in [1.54, 1.807) is 0 Å². The Kier molecular flexibility index (Phi) is 11.5. The van der Waals surface area contributed by atoms with Crippen molar-refractivity contribution in [3.63, 3.8) is 0 Å². The minimum atomic E-state index is -2.65. The molecule has 0 fully saturated rings. The Morgan fingerprint density at radius 3 is 2.62 bits per heavy atom. The Bertz CT molecular complexity index is 524. The first-order valence-electron chi connectivity index (χ1n) is 8.14. The molecule has 0 spiro atoms. The third-order valence-corrected chi connectivity index (χ3v) is 8.37. The molecule has 0 saturated carbocycles. The molecule has 1 aromatic rings. The van der Waals surface area contributed by atoms with E-state index in [1.165, 1.54) is 44.4 Å². The first kappa shape index (κ1) is 23.4. The zero-order chi connectivity index (χ0) is 19.4. The second kappa shape index (κ2) is 12.7. The lowest BCUT2D eigenvalue weighted by Gasteiger charge is -2.24. The monoisotopic (exact) mass is 425 g/mol. The maximum Gasteiger partial charge on any atom is 0.500 e. The van der Waals surface area contributed by atoms with Gasteiger partial charge in [-0.25, -0.2) is 0 Å². The van der Waals surface area contributed by atoms with Gasteiger partial charge < -0.3 is 28.8 Å². The number of thioether (sulfide) groups is 1. The van der Waals surface area contributed by atoms with Crippen molar-refractivity contribution < 1.29 is 28.3 Å². The van der Waals surface area contributed by atoms with Crippen LogP contribution in [0.1, 0.15) is 19.3 Å². The van der Waals surface area contributed by atoms with E-state index < -0.39 is 14.9 Å². The van der Waals surface area contributed by atoms with Crippen LogP contribution in [0.15, 0.2) is 4.34 Å². The molecule has 9 nitrogen and oxygen atoms in total. The van der Waals surface area contributed by atoms with Gasteiger partial charge in [-0.15, -0.1) is 10.2 Å². The second-order valence-corrected chi connectivity index (χ2v) is 10.8. The molecule has 0 aromatic carbocycles. The number of hydrogen-bond acceptors (Lipinski definition) is 11. The average molecular weight is 426 g/mol. The van der Waals surface area contributed by atoms with Gasteiger partial charge in [-0.2, -0.15) is 0 Å². The molecule has 12 heteroatoms. The topological polar surface area (TPSA) is 123 Å². The fraction of sp³-hybridized carbons (Fsp3) is 0.786. The van der Waals surface area contributed by atoms with Gasteiger partial charge in [0.15, 0.2) is 4.34 Å². The molecule has 0 aliphatic carbocycles. The normalized spacial score (nSPS) is 13.0. The first-order chi connectivity index (χ1) is 12.5. The number of rotatable bonds is 15. The van der Waals surface area contributed by atoms with Gasteiger partial charge in [0, 0.05) is 52.5 Å². The maximum atomic E-state index is 12.0. The molecule has 3 N–H and O–H groups in total. The van der Waals surface area contributed by atoms with E-state index in [0.717, 1.165) is 4.34 Å². The molecule has 150 valence electrons. The number of nitrogens with zero attached hydrogens (tertiary/aromatic N) is 2. The Morgan fingerprint density at radius 1 is 1.31 bits per heavy atom. The summed E-state index contributed by atoms with van der Waals surface area (Å²) in [7, 11) is 1.97. The van der Waals surface area contributed by atoms with Crippen LogP contribution in [-0.2, 0) is 18.1 Å². The maximum absolute atomic E-state index is 12.0. The number of anilines is 1. The highest BCUT2D eigenvalue weighted by atomic mass is 32.2. The van der Waals surface area contributed by atoms with E-state index in [1.807, 2.05) is 0 Å². The molecule has 0 aliphatic rings. The summed E-state index contributed by atoms with van der Waals surface area (Å²) in [4.78, 5) is 12.0. The van der Waals surface area contributed by atoms with Crippen LogP contribution in [0.25, 0.3) is 0 Å². The number of Topliss-reactive ketones (excluding diaryl/α,β-unsaturated/α-hetero) is 1. The third kappa shape index (κ3) is 8.39. The molecule has 1 heterocycles. The standard InChI is InChI=1S/C14H27N3O6S2Si/c1-21-26(22-2,23-3)8-4-5-11(19)9-12(20)10-15-13-16-17-14(25-13)24-7-6-18/h12,18,20H,4-10H2,1-3H3,(H,15,16). The van der Waals surface area contributed by atoms with Crippen molar-refractivity contribution in [1.82, 2.24) is 10.2 Å². The van der Waals surface area contributed by atoms with Gasteiger partial charge in [0.25, 0.3) is 0 Å². The van der Waals surface area contributed by atoms with Gasteiger partial charge >= 0.3 is 8.80 Å². The van der Waals surface area contributed by atoms with Crippen molar-refractivity contribution >= 4 is 42.8 Å². The molecule has 1 unspecified atom stereocenters. The van der Waals surface area contributed by atoms with Crippen LogP contribution in [-0.4, -0.2) is 81.3 Å². The van der Waals surface area contributed by atoms with E-state index in [2.05, 4.69) is 15.5 Å². The minimum Gasteiger partial charge on any atom is -0.396 e. The van der Waals surface area contributed by atoms with Gasteiger partial charge in [-0.1, -0.05) is 23.1 Å². The van der Waals surface area contributed by atoms with Crippen LogP contribution < -0.4 is 5.32 Å². The summed E-state index contributed by atoms with van der Waals surface area (Å²) in [5.74, 6) is 0.535. The summed E-state index contributed by atoms with van der Waals surface area (Å²) >= 11 is 2.76. The smallest absolute Gasteiger partial charge is 0.396 e. The summed E-state index contributed by atoms with van der Waals surface area (Å²) in [5.41, 5.74) is 0. The number of carbonyl (C=O) groups is 1. The Balaban J connectivity index is 2.26. The largest absolute Gasteiger partial charge is 0.500 e. The van der Waals surface area contributed by atoms with Crippen molar-refractivity contribution in [2.45, 2.75) is 35.8 Å². The second-order valence-electron chi connectivity index (χ2n) is 5.37. The Hall–Kier alpha value is -0.603. The molecule has 1 aromatic heterocycles. The molecular weight excluding hydrogens is 398 g/mol. The van der Waals surface area contributed by atoms with E-state index >= 15 is 0 Å². The van der Waals surface area contributed by atoms with Gasteiger partial charge in [-0.05, 0) is 6.42 Å². The first-order valence-corrected chi connectivity index (χ1v) is 11.9. The molecule has 1 atom stereocenters. The highest BCUT2D eigenvalue weighted by Crippen LogP contribution is 2.25. The van der Waals surface area contributed by atoms with E-state index in [9.17, 15) is 9.90 Å².